The van der Waals surface area contributed by atoms with Crippen molar-refractivity contribution in [3.05, 3.63) is 0 Å². The van der Waals surface area contributed by atoms with Gasteiger partial charge in [-0.1, -0.05) is 13.8 Å². The van der Waals surface area contributed by atoms with Gasteiger partial charge in [0, 0.05) is 6.61 Å². The molecule has 1 rings (SSSR count). The molecule has 0 aromatic heterocycles. The maximum atomic E-state index is 5.02. The van der Waals surface area contributed by atoms with Gasteiger partial charge >= 0.3 is 0 Å². The Morgan fingerprint density at radius 2 is 2.12 bits per heavy atom. The summed E-state index contributed by atoms with van der Waals surface area (Å²) in [5.41, 5.74) is 0.241. The van der Waals surface area contributed by atoms with Crippen LogP contribution in [0.1, 0.15) is 26.7 Å². The highest BCUT2D eigenvalue weighted by Crippen LogP contribution is 2.13. The molecule has 50 valence electrons. The predicted molar refractivity (Wildman–Crippen MR) is 39.3 cm³/mol. The Morgan fingerprint density at radius 3 is 2.25 bits per heavy atom. The molecule has 1 saturated heterocycles. The Labute approximate surface area is 56.8 Å². The topological polar surface area (TPSA) is 9.23 Å². The molecule has 1 atom stereocenters. The summed E-state index contributed by atoms with van der Waals surface area (Å²) in [4.78, 5) is 0. The van der Waals surface area contributed by atoms with Crippen LogP contribution in [-0.4, -0.2) is 12.0 Å². The molecule has 0 spiro atoms. The SMILES string of the molecule is CC.SC1CCCO1. The van der Waals surface area contributed by atoms with E-state index in [1.165, 1.54) is 6.42 Å². The number of hydrogen-bond donors (Lipinski definition) is 1. The van der Waals surface area contributed by atoms with Crippen LogP contribution in [0.3, 0.4) is 0 Å². The van der Waals surface area contributed by atoms with Gasteiger partial charge in [-0.3, -0.25) is 0 Å². The lowest BCUT2D eigenvalue weighted by atomic mass is 10.4. The molecule has 1 fully saturated rings. The molecule has 0 aromatic carbocycles. The second kappa shape index (κ2) is 5.45. The number of ether oxygens (including phenoxy) is 1. The normalized spacial score (nSPS) is 26.6. The Morgan fingerprint density at radius 1 is 1.50 bits per heavy atom. The molecular weight excluding hydrogens is 120 g/mol. The molecule has 2 heteroatoms. The first-order valence-electron chi connectivity index (χ1n) is 3.19. The molecule has 0 N–H and O–H groups in total. The Hall–Kier alpha value is 0.310. The van der Waals surface area contributed by atoms with Gasteiger partial charge in [0.25, 0.3) is 0 Å². The van der Waals surface area contributed by atoms with E-state index in [0.717, 1.165) is 13.0 Å². The van der Waals surface area contributed by atoms with Crippen molar-refractivity contribution in [3.8, 4) is 0 Å². The van der Waals surface area contributed by atoms with E-state index in [2.05, 4.69) is 12.6 Å². The van der Waals surface area contributed by atoms with Crippen molar-refractivity contribution in [3.63, 3.8) is 0 Å². The highest BCUT2D eigenvalue weighted by atomic mass is 32.1. The van der Waals surface area contributed by atoms with Gasteiger partial charge in [0.05, 0.1) is 5.44 Å². The predicted octanol–water partition coefficient (Wildman–Crippen LogP) is 2.08. The second-order valence-electron chi connectivity index (χ2n) is 1.47. The second-order valence-corrected chi connectivity index (χ2v) is 2.04. The first-order chi connectivity index (χ1) is 3.89. The largest absolute Gasteiger partial charge is 0.368 e. The van der Waals surface area contributed by atoms with E-state index in [4.69, 9.17) is 4.74 Å². The van der Waals surface area contributed by atoms with Crippen molar-refractivity contribution >= 4 is 12.6 Å². The number of hydrogen-bond acceptors (Lipinski definition) is 2. The van der Waals surface area contributed by atoms with E-state index in [9.17, 15) is 0 Å². The van der Waals surface area contributed by atoms with E-state index in [0.29, 0.717) is 0 Å². The van der Waals surface area contributed by atoms with Crippen molar-refractivity contribution < 1.29 is 4.74 Å². The highest BCUT2D eigenvalue weighted by molar-refractivity contribution is 7.80. The van der Waals surface area contributed by atoms with Crippen LogP contribution in [0.4, 0.5) is 0 Å². The lowest BCUT2D eigenvalue weighted by molar-refractivity contribution is 0.175. The van der Waals surface area contributed by atoms with Crippen molar-refractivity contribution in [2.75, 3.05) is 6.61 Å². The summed E-state index contributed by atoms with van der Waals surface area (Å²) in [5, 5.41) is 0. The smallest absolute Gasteiger partial charge is 0.1000 e. The number of rotatable bonds is 0. The fourth-order valence-corrected chi connectivity index (χ4v) is 0.849. The first-order valence-corrected chi connectivity index (χ1v) is 3.71. The van der Waals surface area contributed by atoms with Crippen LogP contribution in [0.2, 0.25) is 0 Å². The standard InChI is InChI=1S/C4H8OS.C2H6/c6-4-2-1-3-5-4;1-2/h4,6H,1-3H2;1-2H3. The van der Waals surface area contributed by atoms with Gasteiger partial charge in [0.15, 0.2) is 0 Å². The summed E-state index contributed by atoms with van der Waals surface area (Å²) in [6.45, 7) is 4.91. The van der Waals surface area contributed by atoms with Gasteiger partial charge in [0.2, 0.25) is 0 Å². The summed E-state index contributed by atoms with van der Waals surface area (Å²) < 4.78 is 5.02. The Balaban J connectivity index is 0.000000222. The minimum atomic E-state index is 0.241. The average molecular weight is 134 g/mol. The van der Waals surface area contributed by atoms with Crippen LogP contribution in [0, 0.1) is 0 Å². The van der Waals surface area contributed by atoms with Crippen molar-refractivity contribution in [2.45, 2.75) is 32.1 Å². The molecule has 0 saturated carbocycles. The van der Waals surface area contributed by atoms with Crippen LogP contribution in [-0.2, 0) is 4.74 Å². The third kappa shape index (κ3) is 3.33. The maximum absolute atomic E-state index is 5.02. The average Bonchev–Trinajstić information content (AvgIpc) is 2.24. The van der Waals surface area contributed by atoms with Crippen LogP contribution in [0.15, 0.2) is 0 Å². The summed E-state index contributed by atoms with van der Waals surface area (Å²) in [6, 6.07) is 0. The minimum Gasteiger partial charge on any atom is -0.368 e. The molecule has 8 heavy (non-hydrogen) atoms. The molecule has 0 aromatic rings. The van der Waals surface area contributed by atoms with E-state index in [-0.39, 0.29) is 5.44 Å². The van der Waals surface area contributed by atoms with E-state index in [1.54, 1.807) is 0 Å². The number of thiol groups is 1. The van der Waals surface area contributed by atoms with E-state index >= 15 is 0 Å². The zero-order valence-electron chi connectivity index (χ0n) is 5.55. The monoisotopic (exact) mass is 134 g/mol. The molecule has 0 aliphatic carbocycles. The molecule has 0 bridgehead atoms. The Kier molecular flexibility index (Phi) is 5.66. The Bertz CT molecular complexity index is 41.8. The molecule has 1 nitrogen and oxygen atoms in total. The summed E-state index contributed by atoms with van der Waals surface area (Å²) >= 11 is 4.07. The fraction of sp³-hybridized carbons (Fsp3) is 1.00. The van der Waals surface area contributed by atoms with Gasteiger partial charge < -0.3 is 4.74 Å². The van der Waals surface area contributed by atoms with Gasteiger partial charge in [-0.15, -0.1) is 12.6 Å². The molecule has 1 aliphatic rings. The summed E-state index contributed by atoms with van der Waals surface area (Å²) in [6.07, 6.45) is 2.32. The quantitative estimate of drug-likeness (QED) is 0.499. The first kappa shape index (κ1) is 8.31. The molecule has 1 unspecified atom stereocenters. The van der Waals surface area contributed by atoms with E-state index < -0.39 is 0 Å². The van der Waals surface area contributed by atoms with Crippen LogP contribution >= 0.6 is 12.6 Å². The minimum absolute atomic E-state index is 0.241. The zero-order valence-corrected chi connectivity index (χ0v) is 6.45. The third-order valence-corrected chi connectivity index (χ3v) is 1.31. The summed E-state index contributed by atoms with van der Waals surface area (Å²) in [7, 11) is 0. The highest BCUT2D eigenvalue weighted by Gasteiger charge is 2.08. The molecular formula is C6H14OS. The lowest BCUT2D eigenvalue weighted by Gasteiger charge is -1.93. The molecule has 0 amide bonds. The van der Waals surface area contributed by atoms with E-state index in [1.807, 2.05) is 13.8 Å². The maximum Gasteiger partial charge on any atom is 0.1000 e. The van der Waals surface area contributed by atoms with Gasteiger partial charge in [0.1, 0.15) is 0 Å². The fourth-order valence-electron chi connectivity index (χ4n) is 0.561. The van der Waals surface area contributed by atoms with Crippen molar-refractivity contribution in [1.82, 2.24) is 0 Å². The van der Waals surface area contributed by atoms with Gasteiger partial charge in [-0.25, -0.2) is 0 Å². The molecule has 1 aliphatic heterocycles. The molecule has 1 heterocycles. The van der Waals surface area contributed by atoms with Gasteiger partial charge in [-0.05, 0) is 12.8 Å². The summed E-state index contributed by atoms with van der Waals surface area (Å²) in [5.74, 6) is 0. The zero-order chi connectivity index (χ0) is 6.41. The van der Waals surface area contributed by atoms with Crippen LogP contribution in [0.25, 0.3) is 0 Å². The lowest BCUT2D eigenvalue weighted by Crippen LogP contribution is -1.90. The van der Waals surface area contributed by atoms with Crippen LogP contribution in [0.5, 0.6) is 0 Å². The van der Waals surface area contributed by atoms with Gasteiger partial charge in [-0.2, -0.15) is 0 Å². The third-order valence-electron chi connectivity index (χ3n) is 0.906. The van der Waals surface area contributed by atoms with Crippen LogP contribution < -0.4 is 0 Å². The molecule has 0 radical (unpaired) electrons. The van der Waals surface area contributed by atoms with Crippen molar-refractivity contribution in [2.24, 2.45) is 0 Å². The van der Waals surface area contributed by atoms with Crippen molar-refractivity contribution in [1.29, 1.82) is 0 Å².